The van der Waals surface area contributed by atoms with Gasteiger partial charge < -0.3 is 4.90 Å². The van der Waals surface area contributed by atoms with E-state index in [2.05, 4.69) is 0 Å². The van der Waals surface area contributed by atoms with Gasteiger partial charge in [0.15, 0.2) is 9.84 Å². The molecule has 0 radical (unpaired) electrons. The Hall–Kier alpha value is -2.14. The van der Waals surface area contributed by atoms with Crippen molar-refractivity contribution in [3.63, 3.8) is 0 Å². The number of nitrogens with zero attached hydrogens (tertiary/aromatic N) is 1. The molecule has 1 aliphatic rings. The van der Waals surface area contributed by atoms with Crippen molar-refractivity contribution in [1.82, 2.24) is 0 Å². The molecule has 0 spiro atoms. The van der Waals surface area contributed by atoms with E-state index in [0.717, 1.165) is 5.56 Å². The maximum absolute atomic E-state index is 12.6. The van der Waals surface area contributed by atoms with Gasteiger partial charge in [0.2, 0.25) is 0 Å². The van der Waals surface area contributed by atoms with Crippen LogP contribution in [0.3, 0.4) is 0 Å². The fourth-order valence-electron chi connectivity index (χ4n) is 2.45. The van der Waals surface area contributed by atoms with Crippen molar-refractivity contribution in [2.45, 2.75) is 11.8 Å². The molecule has 0 saturated heterocycles. The van der Waals surface area contributed by atoms with Crippen LogP contribution in [0, 0.1) is 6.92 Å². The first-order valence-electron chi connectivity index (χ1n) is 6.69. The van der Waals surface area contributed by atoms with Crippen LogP contribution in [-0.2, 0) is 9.84 Å². The average molecular weight is 301 g/mol. The third-order valence-corrected chi connectivity index (χ3v) is 5.35. The Labute approximate surface area is 123 Å². The Kier molecular flexibility index (Phi) is 3.29. The molecule has 0 saturated carbocycles. The largest absolute Gasteiger partial charge is 0.306 e. The first-order chi connectivity index (χ1) is 9.99. The van der Waals surface area contributed by atoms with E-state index < -0.39 is 9.84 Å². The van der Waals surface area contributed by atoms with Gasteiger partial charge in [0.25, 0.3) is 5.91 Å². The Morgan fingerprint density at radius 1 is 1.05 bits per heavy atom. The third kappa shape index (κ3) is 2.45. The molecule has 0 unspecified atom stereocenters. The summed E-state index contributed by atoms with van der Waals surface area (Å²) in [5, 5.41) is 0. The molecule has 2 aromatic carbocycles. The second kappa shape index (κ2) is 5.00. The molecule has 0 aromatic heterocycles. The minimum Gasteiger partial charge on any atom is -0.306 e. The van der Waals surface area contributed by atoms with Crippen molar-refractivity contribution in [2.75, 3.05) is 17.2 Å². The molecule has 1 amide bonds. The molecule has 2 aromatic rings. The summed E-state index contributed by atoms with van der Waals surface area (Å²) in [4.78, 5) is 14.4. The molecule has 0 aliphatic carbocycles. The lowest BCUT2D eigenvalue weighted by atomic mass is 10.1. The van der Waals surface area contributed by atoms with Crippen molar-refractivity contribution in [3.8, 4) is 0 Å². The summed E-state index contributed by atoms with van der Waals surface area (Å²) < 4.78 is 24.2. The highest BCUT2D eigenvalue weighted by molar-refractivity contribution is 7.91. The number of carbonyl (C=O) groups excluding carboxylic acids is 1. The van der Waals surface area contributed by atoms with Crippen molar-refractivity contribution in [1.29, 1.82) is 0 Å². The van der Waals surface area contributed by atoms with Gasteiger partial charge in [-0.25, -0.2) is 8.42 Å². The molecule has 0 atom stereocenters. The normalized spacial score (nSPS) is 16.3. The molecule has 108 valence electrons. The van der Waals surface area contributed by atoms with E-state index in [4.69, 9.17) is 0 Å². The highest BCUT2D eigenvalue weighted by atomic mass is 32.2. The van der Waals surface area contributed by atoms with Crippen LogP contribution >= 0.6 is 0 Å². The SMILES string of the molecule is Cc1ccc(C(=O)N2CCS(=O)(=O)c3ccccc32)cc1. The van der Waals surface area contributed by atoms with E-state index in [9.17, 15) is 13.2 Å². The van der Waals surface area contributed by atoms with Crippen LogP contribution in [0.15, 0.2) is 53.4 Å². The third-order valence-electron chi connectivity index (χ3n) is 3.62. The number of aryl methyl sites for hydroxylation is 1. The van der Waals surface area contributed by atoms with Gasteiger partial charge in [0, 0.05) is 12.1 Å². The van der Waals surface area contributed by atoms with E-state index in [1.165, 1.54) is 0 Å². The first-order valence-corrected chi connectivity index (χ1v) is 8.34. The predicted molar refractivity (Wildman–Crippen MR) is 81.4 cm³/mol. The van der Waals surface area contributed by atoms with Crippen molar-refractivity contribution in [2.24, 2.45) is 0 Å². The maximum atomic E-state index is 12.6. The lowest BCUT2D eigenvalue weighted by Gasteiger charge is -2.29. The summed E-state index contributed by atoms with van der Waals surface area (Å²) >= 11 is 0. The van der Waals surface area contributed by atoms with Gasteiger partial charge >= 0.3 is 0 Å². The zero-order chi connectivity index (χ0) is 15.0. The number of para-hydroxylation sites is 1. The van der Waals surface area contributed by atoms with Crippen LogP contribution < -0.4 is 4.90 Å². The molecule has 0 bridgehead atoms. The number of anilines is 1. The lowest BCUT2D eigenvalue weighted by molar-refractivity contribution is 0.0987. The van der Waals surface area contributed by atoms with Crippen LogP contribution in [0.1, 0.15) is 15.9 Å². The minimum atomic E-state index is -3.29. The summed E-state index contributed by atoms with van der Waals surface area (Å²) in [6.07, 6.45) is 0. The quantitative estimate of drug-likeness (QED) is 0.813. The monoisotopic (exact) mass is 301 g/mol. The highest BCUT2D eigenvalue weighted by Gasteiger charge is 2.31. The Bertz CT molecular complexity index is 795. The summed E-state index contributed by atoms with van der Waals surface area (Å²) in [7, 11) is -3.29. The van der Waals surface area contributed by atoms with E-state index in [1.54, 1.807) is 41.3 Å². The van der Waals surface area contributed by atoms with E-state index in [-0.39, 0.29) is 23.1 Å². The van der Waals surface area contributed by atoms with Crippen LogP contribution in [-0.4, -0.2) is 26.6 Å². The molecule has 21 heavy (non-hydrogen) atoms. The van der Waals surface area contributed by atoms with Gasteiger partial charge in [-0.1, -0.05) is 29.8 Å². The summed E-state index contributed by atoms with van der Waals surface area (Å²) in [5.74, 6) is -0.209. The van der Waals surface area contributed by atoms with Crippen molar-refractivity contribution >= 4 is 21.4 Å². The predicted octanol–water partition coefficient (Wildman–Crippen LogP) is 2.43. The van der Waals surface area contributed by atoms with Gasteiger partial charge in [-0.15, -0.1) is 0 Å². The fourth-order valence-corrected chi connectivity index (χ4v) is 3.87. The minimum absolute atomic E-state index is 0.0401. The molecule has 3 rings (SSSR count). The van der Waals surface area contributed by atoms with Gasteiger partial charge in [-0.2, -0.15) is 0 Å². The smallest absolute Gasteiger partial charge is 0.258 e. The van der Waals surface area contributed by atoms with Crippen LogP contribution in [0.4, 0.5) is 5.69 Å². The fraction of sp³-hybridized carbons (Fsp3) is 0.188. The van der Waals surface area contributed by atoms with Crippen LogP contribution in [0.25, 0.3) is 0 Å². The number of amides is 1. The Morgan fingerprint density at radius 3 is 2.43 bits per heavy atom. The highest BCUT2D eigenvalue weighted by Crippen LogP contribution is 2.31. The molecular weight excluding hydrogens is 286 g/mol. The molecule has 0 fully saturated rings. The first kappa shape index (κ1) is 13.8. The van der Waals surface area contributed by atoms with Crippen LogP contribution in [0.2, 0.25) is 0 Å². The number of sulfone groups is 1. The number of hydrogen-bond donors (Lipinski definition) is 0. The van der Waals surface area contributed by atoms with Crippen molar-refractivity contribution in [3.05, 3.63) is 59.7 Å². The molecule has 1 heterocycles. The molecule has 5 heteroatoms. The van der Waals surface area contributed by atoms with E-state index in [1.807, 2.05) is 19.1 Å². The standard InChI is InChI=1S/C16H15NO3S/c1-12-6-8-13(9-7-12)16(18)17-10-11-21(19,20)15-5-3-2-4-14(15)17/h2-9H,10-11H2,1H3. The molecular formula is C16H15NO3S. The number of hydrogen-bond acceptors (Lipinski definition) is 3. The summed E-state index contributed by atoms with van der Waals surface area (Å²) in [6.45, 7) is 2.14. The second-order valence-corrected chi connectivity index (χ2v) is 7.19. The number of benzene rings is 2. The topological polar surface area (TPSA) is 54.5 Å². The van der Waals surface area contributed by atoms with Gasteiger partial charge in [0.05, 0.1) is 16.3 Å². The molecule has 1 aliphatic heterocycles. The zero-order valence-electron chi connectivity index (χ0n) is 11.6. The number of carbonyl (C=O) groups is 1. The summed E-state index contributed by atoms with van der Waals surface area (Å²) in [5.41, 5.74) is 2.11. The maximum Gasteiger partial charge on any atom is 0.258 e. The second-order valence-electron chi connectivity index (χ2n) is 5.11. The summed E-state index contributed by atoms with van der Waals surface area (Å²) in [6, 6.07) is 13.9. The zero-order valence-corrected chi connectivity index (χ0v) is 12.4. The molecule has 4 nitrogen and oxygen atoms in total. The van der Waals surface area contributed by atoms with Crippen LogP contribution in [0.5, 0.6) is 0 Å². The Balaban J connectivity index is 2.04. The van der Waals surface area contributed by atoms with Gasteiger partial charge in [-0.05, 0) is 31.2 Å². The van der Waals surface area contributed by atoms with Gasteiger partial charge in [-0.3, -0.25) is 4.79 Å². The van der Waals surface area contributed by atoms with Gasteiger partial charge in [0.1, 0.15) is 0 Å². The lowest BCUT2D eigenvalue weighted by Crippen LogP contribution is -2.39. The van der Waals surface area contributed by atoms with E-state index in [0.29, 0.717) is 11.3 Å². The van der Waals surface area contributed by atoms with Crippen molar-refractivity contribution < 1.29 is 13.2 Å². The molecule has 0 N–H and O–H groups in total. The average Bonchev–Trinajstić information content (AvgIpc) is 2.48. The Morgan fingerprint density at radius 2 is 1.71 bits per heavy atom. The number of rotatable bonds is 1. The van der Waals surface area contributed by atoms with E-state index >= 15 is 0 Å². The number of fused-ring (bicyclic) bond motifs is 1.